The van der Waals surface area contributed by atoms with E-state index in [4.69, 9.17) is 0 Å². The van der Waals surface area contributed by atoms with Crippen LogP contribution >= 0.6 is 0 Å². The molecule has 0 aliphatic heterocycles. The van der Waals surface area contributed by atoms with Gasteiger partial charge in [-0.2, -0.15) is 10.2 Å². The van der Waals surface area contributed by atoms with E-state index in [9.17, 15) is 0 Å². The van der Waals surface area contributed by atoms with E-state index >= 15 is 0 Å². The normalized spacial score (nSPS) is 14.6. The topological polar surface area (TPSA) is 24.7 Å². The zero-order valence-electron chi connectivity index (χ0n) is 9.36. The van der Waals surface area contributed by atoms with Gasteiger partial charge in [-0.3, -0.25) is 0 Å². The molecule has 0 aliphatic carbocycles. The van der Waals surface area contributed by atoms with E-state index < -0.39 is 0 Å². The Morgan fingerprint density at radius 3 is 2.14 bits per heavy atom. The number of benzene rings is 1. The molecule has 2 nitrogen and oxygen atoms in total. The first-order valence-corrected chi connectivity index (χ1v) is 4.96. The Labute approximate surface area is 86.1 Å². The van der Waals surface area contributed by atoms with Gasteiger partial charge >= 0.3 is 0 Å². The predicted octanol–water partition coefficient (Wildman–Crippen LogP) is 4.00. The zero-order chi connectivity index (χ0) is 10.6. The van der Waals surface area contributed by atoms with Gasteiger partial charge in [0.25, 0.3) is 0 Å². The predicted molar refractivity (Wildman–Crippen MR) is 59.5 cm³/mol. The summed E-state index contributed by atoms with van der Waals surface area (Å²) >= 11 is 0. The number of azo groups is 1. The van der Waals surface area contributed by atoms with Crippen molar-refractivity contribution in [3.8, 4) is 0 Å². The molecule has 14 heavy (non-hydrogen) atoms. The third-order valence-corrected chi connectivity index (χ3v) is 1.81. The number of nitrogens with zero attached hydrogens (tertiary/aromatic N) is 2. The molecule has 0 fully saturated rings. The second kappa shape index (κ2) is 4.36. The molecule has 0 radical (unpaired) electrons. The van der Waals surface area contributed by atoms with Crippen LogP contribution < -0.4 is 0 Å². The van der Waals surface area contributed by atoms with E-state index in [-0.39, 0.29) is 11.6 Å². The van der Waals surface area contributed by atoms with Gasteiger partial charge in [-0.1, -0.05) is 30.3 Å². The van der Waals surface area contributed by atoms with E-state index in [1.54, 1.807) is 0 Å². The number of rotatable bonds is 2. The van der Waals surface area contributed by atoms with Gasteiger partial charge in [-0.15, -0.1) is 0 Å². The molecule has 76 valence electrons. The molecule has 1 aromatic carbocycles. The van der Waals surface area contributed by atoms with Crippen molar-refractivity contribution in [3.05, 3.63) is 35.9 Å². The molecular formula is C12H18N2. The Hall–Kier alpha value is -1.18. The van der Waals surface area contributed by atoms with Gasteiger partial charge in [0.2, 0.25) is 0 Å². The highest BCUT2D eigenvalue weighted by Gasteiger charge is 2.08. The SMILES string of the molecule is CC(N=NC(C)(C)C)c1ccccc1. The first-order chi connectivity index (χ1) is 6.49. The Balaban J connectivity index is 2.69. The summed E-state index contributed by atoms with van der Waals surface area (Å²) in [4.78, 5) is 0. The number of hydrogen-bond acceptors (Lipinski definition) is 2. The molecule has 0 aromatic heterocycles. The molecule has 2 heteroatoms. The van der Waals surface area contributed by atoms with Crippen LogP contribution in [0.3, 0.4) is 0 Å². The van der Waals surface area contributed by atoms with Crippen molar-refractivity contribution in [2.45, 2.75) is 39.3 Å². The van der Waals surface area contributed by atoms with Crippen LogP contribution in [0, 0.1) is 0 Å². The van der Waals surface area contributed by atoms with Crippen LogP contribution in [-0.2, 0) is 0 Å². The maximum absolute atomic E-state index is 4.29. The van der Waals surface area contributed by atoms with Gasteiger partial charge in [0.05, 0.1) is 11.6 Å². The van der Waals surface area contributed by atoms with Gasteiger partial charge in [0.15, 0.2) is 0 Å². The summed E-state index contributed by atoms with van der Waals surface area (Å²) in [5, 5.41) is 8.55. The van der Waals surface area contributed by atoms with Gasteiger partial charge in [0.1, 0.15) is 0 Å². The standard InChI is InChI=1S/C12H18N2/c1-10(13-14-12(2,3)4)11-8-6-5-7-9-11/h5-10H,1-4H3. The third kappa shape index (κ3) is 3.69. The summed E-state index contributed by atoms with van der Waals surface area (Å²) in [6.45, 7) is 8.21. The average Bonchev–Trinajstić information content (AvgIpc) is 2.14. The largest absolute Gasteiger partial charge is 0.188 e. The van der Waals surface area contributed by atoms with Crippen LogP contribution in [0.2, 0.25) is 0 Å². The fraction of sp³-hybridized carbons (Fsp3) is 0.500. The quantitative estimate of drug-likeness (QED) is 0.630. The first kappa shape index (κ1) is 10.9. The average molecular weight is 190 g/mol. The molecule has 0 amide bonds. The van der Waals surface area contributed by atoms with Crippen LogP contribution in [-0.4, -0.2) is 5.54 Å². The molecule has 1 unspecified atom stereocenters. The summed E-state index contributed by atoms with van der Waals surface area (Å²) in [6, 6.07) is 10.4. The van der Waals surface area contributed by atoms with E-state index in [2.05, 4.69) is 29.3 Å². The smallest absolute Gasteiger partial charge is 0.0929 e. The molecular weight excluding hydrogens is 172 g/mol. The molecule has 0 bridgehead atoms. The third-order valence-electron chi connectivity index (χ3n) is 1.81. The van der Waals surface area contributed by atoms with E-state index in [1.807, 2.05) is 39.0 Å². The fourth-order valence-corrected chi connectivity index (χ4v) is 1.06. The van der Waals surface area contributed by atoms with Crippen LogP contribution in [0.5, 0.6) is 0 Å². The minimum atomic E-state index is -0.0803. The van der Waals surface area contributed by atoms with Crippen molar-refractivity contribution in [2.24, 2.45) is 10.2 Å². The Bertz CT molecular complexity index is 296. The van der Waals surface area contributed by atoms with Gasteiger partial charge in [-0.25, -0.2) is 0 Å². The Morgan fingerprint density at radius 2 is 1.64 bits per heavy atom. The van der Waals surface area contributed by atoms with Crippen molar-refractivity contribution in [1.82, 2.24) is 0 Å². The van der Waals surface area contributed by atoms with Crippen LogP contribution in [0.4, 0.5) is 0 Å². The summed E-state index contributed by atoms with van der Waals surface area (Å²) in [6.07, 6.45) is 0. The van der Waals surface area contributed by atoms with Crippen molar-refractivity contribution in [3.63, 3.8) is 0 Å². The fourth-order valence-electron chi connectivity index (χ4n) is 1.06. The Kier molecular flexibility index (Phi) is 3.39. The highest BCUT2D eigenvalue weighted by molar-refractivity contribution is 5.17. The summed E-state index contributed by atoms with van der Waals surface area (Å²) in [7, 11) is 0. The minimum absolute atomic E-state index is 0.0803. The van der Waals surface area contributed by atoms with E-state index in [0.29, 0.717) is 0 Å². The Morgan fingerprint density at radius 1 is 1.07 bits per heavy atom. The van der Waals surface area contributed by atoms with Gasteiger partial charge < -0.3 is 0 Å². The van der Waals surface area contributed by atoms with E-state index in [1.165, 1.54) is 5.56 Å². The maximum Gasteiger partial charge on any atom is 0.0929 e. The van der Waals surface area contributed by atoms with Crippen molar-refractivity contribution >= 4 is 0 Å². The molecule has 0 aliphatic rings. The van der Waals surface area contributed by atoms with Crippen LogP contribution in [0.25, 0.3) is 0 Å². The summed E-state index contributed by atoms with van der Waals surface area (Å²) in [5.74, 6) is 0. The second-order valence-electron chi connectivity index (χ2n) is 4.47. The van der Waals surface area contributed by atoms with Gasteiger partial charge in [0, 0.05) is 0 Å². The van der Waals surface area contributed by atoms with Crippen LogP contribution in [0.15, 0.2) is 40.6 Å². The van der Waals surface area contributed by atoms with Crippen molar-refractivity contribution in [2.75, 3.05) is 0 Å². The summed E-state index contributed by atoms with van der Waals surface area (Å²) < 4.78 is 0. The molecule has 0 spiro atoms. The molecule has 0 heterocycles. The highest BCUT2D eigenvalue weighted by Crippen LogP contribution is 2.18. The molecule has 1 rings (SSSR count). The lowest BCUT2D eigenvalue weighted by molar-refractivity contribution is 0.520. The lowest BCUT2D eigenvalue weighted by atomic mass is 10.1. The zero-order valence-corrected chi connectivity index (χ0v) is 9.36. The van der Waals surface area contributed by atoms with E-state index in [0.717, 1.165) is 0 Å². The van der Waals surface area contributed by atoms with Crippen LogP contribution in [0.1, 0.15) is 39.3 Å². The number of hydrogen-bond donors (Lipinski definition) is 0. The minimum Gasteiger partial charge on any atom is -0.188 e. The first-order valence-electron chi connectivity index (χ1n) is 4.96. The molecule has 1 aromatic rings. The van der Waals surface area contributed by atoms with Crippen molar-refractivity contribution < 1.29 is 0 Å². The lowest BCUT2D eigenvalue weighted by Crippen LogP contribution is -2.08. The second-order valence-corrected chi connectivity index (χ2v) is 4.47. The molecule has 0 saturated carbocycles. The highest BCUT2D eigenvalue weighted by atomic mass is 15.2. The molecule has 0 N–H and O–H groups in total. The molecule has 0 saturated heterocycles. The lowest BCUT2D eigenvalue weighted by Gasteiger charge is -2.11. The van der Waals surface area contributed by atoms with Gasteiger partial charge in [-0.05, 0) is 33.3 Å². The summed E-state index contributed by atoms with van der Waals surface area (Å²) in [5.41, 5.74) is 1.13. The maximum atomic E-state index is 4.29. The monoisotopic (exact) mass is 190 g/mol. The van der Waals surface area contributed by atoms with Crippen molar-refractivity contribution in [1.29, 1.82) is 0 Å². The molecule has 1 atom stereocenters.